The second kappa shape index (κ2) is 4.82. The SMILES string of the molecule is CCNc1cc(CN(C)C)ccn1. The second-order valence-corrected chi connectivity index (χ2v) is 3.32. The highest BCUT2D eigenvalue weighted by molar-refractivity contribution is 5.37. The lowest BCUT2D eigenvalue weighted by molar-refractivity contribution is 0.402. The van der Waals surface area contributed by atoms with E-state index in [1.54, 1.807) is 0 Å². The summed E-state index contributed by atoms with van der Waals surface area (Å²) in [6.45, 7) is 3.94. The van der Waals surface area contributed by atoms with E-state index in [1.165, 1.54) is 5.56 Å². The molecule has 0 saturated carbocycles. The van der Waals surface area contributed by atoms with Crippen LogP contribution in [0.1, 0.15) is 12.5 Å². The zero-order valence-corrected chi connectivity index (χ0v) is 8.54. The predicted molar refractivity (Wildman–Crippen MR) is 55.8 cm³/mol. The highest BCUT2D eigenvalue weighted by Gasteiger charge is 1.96. The maximum Gasteiger partial charge on any atom is 0.126 e. The number of aromatic nitrogens is 1. The maximum atomic E-state index is 4.21. The lowest BCUT2D eigenvalue weighted by Gasteiger charge is -2.10. The molecule has 0 bridgehead atoms. The first kappa shape index (κ1) is 9.99. The van der Waals surface area contributed by atoms with Gasteiger partial charge in [0.1, 0.15) is 5.82 Å². The third-order valence-corrected chi connectivity index (χ3v) is 1.68. The Bertz CT molecular complexity index is 258. The average Bonchev–Trinajstić information content (AvgIpc) is 2.04. The van der Waals surface area contributed by atoms with Gasteiger partial charge in [-0.1, -0.05) is 0 Å². The van der Waals surface area contributed by atoms with Crippen LogP contribution in [0.25, 0.3) is 0 Å². The van der Waals surface area contributed by atoms with Gasteiger partial charge < -0.3 is 10.2 Å². The molecule has 0 aliphatic heterocycles. The Morgan fingerprint density at radius 3 is 2.85 bits per heavy atom. The van der Waals surface area contributed by atoms with Crippen LogP contribution in [0.5, 0.6) is 0 Å². The highest BCUT2D eigenvalue weighted by Crippen LogP contribution is 2.07. The predicted octanol–water partition coefficient (Wildman–Crippen LogP) is 1.57. The fraction of sp³-hybridized carbons (Fsp3) is 0.500. The van der Waals surface area contributed by atoms with Gasteiger partial charge in [0.25, 0.3) is 0 Å². The molecule has 0 aromatic carbocycles. The standard InChI is InChI=1S/C10H17N3/c1-4-11-10-7-9(5-6-12-10)8-13(2)3/h5-7H,4,8H2,1-3H3,(H,11,12). The van der Waals surface area contributed by atoms with Crippen LogP contribution in [0.2, 0.25) is 0 Å². The molecule has 1 aromatic rings. The molecule has 0 atom stereocenters. The van der Waals surface area contributed by atoms with Crippen molar-refractivity contribution in [3.63, 3.8) is 0 Å². The van der Waals surface area contributed by atoms with E-state index in [1.807, 2.05) is 12.3 Å². The van der Waals surface area contributed by atoms with Crippen molar-refractivity contribution in [1.82, 2.24) is 9.88 Å². The first-order chi connectivity index (χ1) is 6.22. The van der Waals surface area contributed by atoms with Crippen molar-refractivity contribution < 1.29 is 0 Å². The number of hydrogen-bond donors (Lipinski definition) is 1. The lowest BCUT2D eigenvalue weighted by atomic mass is 10.2. The molecule has 0 fully saturated rings. The normalized spacial score (nSPS) is 10.5. The van der Waals surface area contributed by atoms with Gasteiger partial charge in [-0.15, -0.1) is 0 Å². The molecule has 1 N–H and O–H groups in total. The summed E-state index contributed by atoms with van der Waals surface area (Å²) >= 11 is 0. The number of nitrogens with zero attached hydrogens (tertiary/aromatic N) is 2. The van der Waals surface area contributed by atoms with Crippen molar-refractivity contribution in [2.75, 3.05) is 26.0 Å². The first-order valence-electron chi connectivity index (χ1n) is 4.56. The summed E-state index contributed by atoms with van der Waals surface area (Å²) in [7, 11) is 4.13. The first-order valence-corrected chi connectivity index (χ1v) is 4.56. The van der Waals surface area contributed by atoms with Crippen LogP contribution < -0.4 is 5.32 Å². The fourth-order valence-electron chi connectivity index (χ4n) is 1.22. The van der Waals surface area contributed by atoms with Gasteiger partial charge in [-0.05, 0) is 38.7 Å². The lowest BCUT2D eigenvalue weighted by Crippen LogP contribution is -2.11. The Labute approximate surface area is 79.8 Å². The molecule has 13 heavy (non-hydrogen) atoms. The van der Waals surface area contributed by atoms with Crippen LogP contribution >= 0.6 is 0 Å². The number of rotatable bonds is 4. The van der Waals surface area contributed by atoms with Gasteiger partial charge in [0.15, 0.2) is 0 Å². The molecular formula is C10H17N3. The number of nitrogens with one attached hydrogen (secondary N) is 1. The second-order valence-electron chi connectivity index (χ2n) is 3.32. The van der Waals surface area contributed by atoms with E-state index in [9.17, 15) is 0 Å². The summed E-state index contributed by atoms with van der Waals surface area (Å²) in [5, 5.41) is 3.19. The van der Waals surface area contributed by atoms with Gasteiger partial charge >= 0.3 is 0 Å². The quantitative estimate of drug-likeness (QED) is 0.760. The van der Waals surface area contributed by atoms with Crippen molar-refractivity contribution in [3.8, 4) is 0 Å². The summed E-state index contributed by atoms with van der Waals surface area (Å²) in [6.07, 6.45) is 1.84. The Morgan fingerprint density at radius 1 is 1.46 bits per heavy atom. The minimum atomic E-state index is 0.915. The number of hydrogen-bond acceptors (Lipinski definition) is 3. The van der Waals surface area contributed by atoms with Crippen molar-refractivity contribution in [2.24, 2.45) is 0 Å². The fourth-order valence-corrected chi connectivity index (χ4v) is 1.22. The molecule has 0 radical (unpaired) electrons. The molecule has 3 nitrogen and oxygen atoms in total. The van der Waals surface area contributed by atoms with Gasteiger partial charge in [0, 0.05) is 19.3 Å². The molecule has 1 heterocycles. The van der Waals surface area contributed by atoms with Gasteiger partial charge in [-0.2, -0.15) is 0 Å². The van der Waals surface area contributed by atoms with Crippen molar-refractivity contribution >= 4 is 5.82 Å². The molecule has 72 valence electrons. The number of pyridine rings is 1. The van der Waals surface area contributed by atoms with Crippen LogP contribution in [0.3, 0.4) is 0 Å². The summed E-state index contributed by atoms with van der Waals surface area (Å²) in [5.74, 6) is 0.960. The topological polar surface area (TPSA) is 28.2 Å². The monoisotopic (exact) mass is 179 g/mol. The van der Waals surface area contributed by atoms with Crippen LogP contribution in [0.4, 0.5) is 5.82 Å². The maximum absolute atomic E-state index is 4.21. The Morgan fingerprint density at radius 2 is 2.23 bits per heavy atom. The Hall–Kier alpha value is -1.09. The van der Waals surface area contributed by atoms with Gasteiger partial charge in [-0.3, -0.25) is 0 Å². The van der Waals surface area contributed by atoms with E-state index in [0.29, 0.717) is 0 Å². The highest BCUT2D eigenvalue weighted by atomic mass is 15.1. The zero-order chi connectivity index (χ0) is 9.68. The van der Waals surface area contributed by atoms with E-state index < -0.39 is 0 Å². The molecule has 0 amide bonds. The zero-order valence-electron chi connectivity index (χ0n) is 8.54. The molecule has 1 rings (SSSR count). The minimum Gasteiger partial charge on any atom is -0.370 e. The third kappa shape index (κ3) is 3.42. The molecular weight excluding hydrogens is 162 g/mol. The summed E-state index contributed by atoms with van der Waals surface area (Å²) in [5.41, 5.74) is 1.29. The summed E-state index contributed by atoms with van der Waals surface area (Å²) in [4.78, 5) is 6.35. The summed E-state index contributed by atoms with van der Waals surface area (Å²) in [6, 6.07) is 4.13. The minimum absolute atomic E-state index is 0.915. The van der Waals surface area contributed by atoms with Gasteiger partial charge in [0.05, 0.1) is 0 Å². The largest absolute Gasteiger partial charge is 0.370 e. The van der Waals surface area contributed by atoms with E-state index in [-0.39, 0.29) is 0 Å². The Kier molecular flexibility index (Phi) is 3.71. The summed E-state index contributed by atoms with van der Waals surface area (Å²) < 4.78 is 0. The van der Waals surface area contributed by atoms with Gasteiger partial charge in [-0.25, -0.2) is 4.98 Å². The molecule has 0 aliphatic carbocycles. The van der Waals surface area contributed by atoms with Crippen LogP contribution in [0, 0.1) is 0 Å². The average molecular weight is 179 g/mol. The molecule has 1 aromatic heterocycles. The van der Waals surface area contributed by atoms with Gasteiger partial charge in [0.2, 0.25) is 0 Å². The number of anilines is 1. The molecule has 0 unspecified atom stereocenters. The molecule has 0 aliphatic rings. The van der Waals surface area contributed by atoms with Crippen LogP contribution in [0.15, 0.2) is 18.3 Å². The molecule has 0 spiro atoms. The van der Waals surface area contributed by atoms with E-state index >= 15 is 0 Å². The van der Waals surface area contributed by atoms with Crippen molar-refractivity contribution in [3.05, 3.63) is 23.9 Å². The molecule has 3 heteroatoms. The van der Waals surface area contributed by atoms with E-state index in [4.69, 9.17) is 0 Å². The Balaban J connectivity index is 2.67. The van der Waals surface area contributed by atoms with E-state index in [2.05, 4.69) is 42.3 Å². The van der Waals surface area contributed by atoms with E-state index in [0.717, 1.165) is 18.9 Å². The smallest absolute Gasteiger partial charge is 0.126 e. The molecule has 0 saturated heterocycles. The van der Waals surface area contributed by atoms with Crippen LogP contribution in [-0.4, -0.2) is 30.5 Å². The van der Waals surface area contributed by atoms with Crippen molar-refractivity contribution in [1.29, 1.82) is 0 Å². The third-order valence-electron chi connectivity index (χ3n) is 1.68. The van der Waals surface area contributed by atoms with Crippen molar-refractivity contribution in [2.45, 2.75) is 13.5 Å². The van der Waals surface area contributed by atoms with Crippen LogP contribution in [-0.2, 0) is 6.54 Å².